The molecule has 0 aliphatic carbocycles. The van der Waals surface area contributed by atoms with Crippen LogP contribution in [0.4, 0.5) is 0 Å². The van der Waals surface area contributed by atoms with Crippen LogP contribution in [0.1, 0.15) is 53.9 Å². The zero-order valence-electron chi connectivity index (χ0n) is 13.9. The second-order valence-corrected chi connectivity index (χ2v) is 6.55. The van der Waals surface area contributed by atoms with Gasteiger partial charge in [0.1, 0.15) is 0 Å². The van der Waals surface area contributed by atoms with Crippen molar-refractivity contribution in [1.82, 2.24) is 14.2 Å². The second kappa shape index (κ2) is 9.09. The summed E-state index contributed by atoms with van der Waals surface area (Å²) in [4.78, 5) is 0. The lowest BCUT2D eigenvalue weighted by Gasteiger charge is -2.42. The summed E-state index contributed by atoms with van der Waals surface area (Å²) in [5.74, 6) is 1.62. The van der Waals surface area contributed by atoms with E-state index in [9.17, 15) is 0 Å². The van der Waals surface area contributed by atoms with E-state index in [1.54, 1.807) is 0 Å². The van der Waals surface area contributed by atoms with Gasteiger partial charge in [0.25, 0.3) is 22.6 Å². The predicted molar refractivity (Wildman–Crippen MR) is 90.8 cm³/mol. The number of rotatable bonds is 8. The minimum absolute atomic E-state index is 0.812. The molecule has 3 nitrogen and oxygen atoms in total. The summed E-state index contributed by atoms with van der Waals surface area (Å²) in [6.07, 6.45) is 3.83. The standard InChI is InChI=1S/C13H32B3N3/c1-6-9-17-14-18(10-12(4)7-2)16-19(15-17)11-13(5)8-3/h12-16H,6-11H2,1-5H3. The lowest BCUT2D eigenvalue weighted by Crippen LogP contribution is -2.62. The maximum Gasteiger partial charge on any atom is 0.270 e. The molecule has 19 heavy (non-hydrogen) atoms. The summed E-state index contributed by atoms with van der Waals surface area (Å²) in [5.41, 5.74) is 0. The molecule has 0 saturated carbocycles. The van der Waals surface area contributed by atoms with Gasteiger partial charge in [-0.3, -0.25) is 0 Å². The minimum atomic E-state index is 0.812. The summed E-state index contributed by atoms with van der Waals surface area (Å²) in [7, 11) is 3.49. The van der Waals surface area contributed by atoms with Crippen LogP contribution in [0.5, 0.6) is 0 Å². The van der Waals surface area contributed by atoms with E-state index in [2.05, 4.69) is 48.8 Å². The molecule has 2 atom stereocenters. The Labute approximate surface area is 122 Å². The molecule has 0 radical (unpaired) electrons. The van der Waals surface area contributed by atoms with Gasteiger partial charge in [-0.15, -0.1) is 0 Å². The van der Waals surface area contributed by atoms with Gasteiger partial charge in [-0.1, -0.05) is 47.5 Å². The first-order valence-corrected chi connectivity index (χ1v) is 8.26. The van der Waals surface area contributed by atoms with Gasteiger partial charge >= 0.3 is 0 Å². The van der Waals surface area contributed by atoms with Crippen molar-refractivity contribution in [2.75, 3.05) is 19.6 Å². The van der Waals surface area contributed by atoms with Crippen LogP contribution in [-0.4, -0.2) is 56.4 Å². The molecule has 1 aliphatic rings. The predicted octanol–water partition coefficient (Wildman–Crippen LogP) is 1.21. The molecule has 0 aromatic rings. The number of hydrogen-bond acceptors (Lipinski definition) is 3. The van der Waals surface area contributed by atoms with Crippen molar-refractivity contribution >= 4 is 22.6 Å². The first-order chi connectivity index (χ1) is 9.08. The lowest BCUT2D eigenvalue weighted by atomic mass is 9.72. The quantitative estimate of drug-likeness (QED) is 0.609. The van der Waals surface area contributed by atoms with Crippen LogP contribution in [-0.2, 0) is 0 Å². The van der Waals surface area contributed by atoms with E-state index < -0.39 is 0 Å². The maximum absolute atomic E-state index is 2.63. The van der Waals surface area contributed by atoms with E-state index in [0.29, 0.717) is 0 Å². The van der Waals surface area contributed by atoms with Crippen molar-refractivity contribution < 1.29 is 0 Å². The molecule has 0 aromatic heterocycles. The summed E-state index contributed by atoms with van der Waals surface area (Å²) < 4.78 is 7.87. The third-order valence-electron chi connectivity index (χ3n) is 4.27. The first-order valence-electron chi connectivity index (χ1n) is 8.26. The summed E-state index contributed by atoms with van der Waals surface area (Å²) in [6, 6.07) is 0. The minimum Gasteiger partial charge on any atom is -0.363 e. The highest BCUT2D eigenvalue weighted by molar-refractivity contribution is 6.64. The van der Waals surface area contributed by atoms with E-state index in [-0.39, 0.29) is 0 Å². The molecule has 1 saturated heterocycles. The molecular weight excluding hydrogens is 231 g/mol. The van der Waals surface area contributed by atoms with Gasteiger partial charge in [-0.05, 0) is 37.9 Å². The van der Waals surface area contributed by atoms with Gasteiger partial charge in [-0.25, -0.2) is 0 Å². The second-order valence-electron chi connectivity index (χ2n) is 6.55. The number of hydrogen-bond donors (Lipinski definition) is 0. The fourth-order valence-electron chi connectivity index (χ4n) is 2.81. The molecule has 1 heterocycles. The van der Waals surface area contributed by atoms with E-state index in [4.69, 9.17) is 0 Å². The van der Waals surface area contributed by atoms with Crippen LogP contribution in [0, 0.1) is 11.8 Å². The Hall–Kier alpha value is 0.0748. The van der Waals surface area contributed by atoms with Gasteiger partial charge < -0.3 is 14.2 Å². The largest absolute Gasteiger partial charge is 0.363 e. The molecule has 1 rings (SSSR count). The third kappa shape index (κ3) is 6.37. The Balaban J connectivity index is 2.51. The summed E-state index contributed by atoms with van der Waals surface area (Å²) in [5, 5.41) is 0. The average Bonchev–Trinajstić information content (AvgIpc) is 2.38. The third-order valence-corrected chi connectivity index (χ3v) is 4.27. The van der Waals surface area contributed by atoms with Crippen LogP contribution >= 0.6 is 0 Å². The van der Waals surface area contributed by atoms with Crippen molar-refractivity contribution in [2.24, 2.45) is 11.8 Å². The SMILES string of the molecule is CCCN1BN(CC(C)CC)BN(CC(C)CC)B1. The zero-order valence-corrected chi connectivity index (χ0v) is 13.9. The molecule has 6 heteroatoms. The molecule has 0 bridgehead atoms. The first kappa shape index (κ1) is 17.1. The Bertz CT molecular complexity index is 223. The number of nitrogens with zero attached hydrogens (tertiary/aromatic N) is 3. The monoisotopic (exact) mass is 263 g/mol. The highest BCUT2D eigenvalue weighted by atomic mass is 15.3. The van der Waals surface area contributed by atoms with Crippen LogP contribution in [0.25, 0.3) is 0 Å². The summed E-state index contributed by atoms with van der Waals surface area (Å²) >= 11 is 0. The molecule has 0 spiro atoms. The van der Waals surface area contributed by atoms with Crippen molar-refractivity contribution in [3.8, 4) is 0 Å². The van der Waals surface area contributed by atoms with Gasteiger partial charge in [0.15, 0.2) is 0 Å². The van der Waals surface area contributed by atoms with E-state index in [1.807, 2.05) is 0 Å². The fourth-order valence-corrected chi connectivity index (χ4v) is 2.81. The molecule has 1 aliphatic heterocycles. The van der Waals surface area contributed by atoms with E-state index in [0.717, 1.165) is 34.5 Å². The van der Waals surface area contributed by atoms with Crippen molar-refractivity contribution in [3.63, 3.8) is 0 Å². The van der Waals surface area contributed by atoms with Gasteiger partial charge in [0.2, 0.25) is 0 Å². The summed E-state index contributed by atoms with van der Waals surface area (Å²) in [6.45, 7) is 15.3. The van der Waals surface area contributed by atoms with Gasteiger partial charge in [0.05, 0.1) is 0 Å². The van der Waals surface area contributed by atoms with Crippen LogP contribution < -0.4 is 0 Å². The highest BCUT2D eigenvalue weighted by Gasteiger charge is 2.28. The van der Waals surface area contributed by atoms with Crippen LogP contribution in [0.15, 0.2) is 0 Å². The van der Waals surface area contributed by atoms with Gasteiger partial charge in [0, 0.05) is 0 Å². The van der Waals surface area contributed by atoms with Gasteiger partial charge in [-0.2, -0.15) is 0 Å². The molecule has 2 unspecified atom stereocenters. The Morgan fingerprint density at radius 1 is 0.737 bits per heavy atom. The molecular formula is C13H32B3N3. The van der Waals surface area contributed by atoms with Crippen molar-refractivity contribution in [3.05, 3.63) is 0 Å². The fraction of sp³-hybridized carbons (Fsp3) is 1.00. The van der Waals surface area contributed by atoms with E-state index in [1.165, 1.54) is 38.9 Å². The molecule has 0 N–H and O–H groups in total. The Morgan fingerprint density at radius 2 is 1.16 bits per heavy atom. The molecule has 0 amide bonds. The molecule has 1 fully saturated rings. The Morgan fingerprint density at radius 3 is 1.53 bits per heavy atom. The Kier molecular flexibility index (Phi) is 8.20. The topological polar surface area (TPSA) is 9.72 Å². The van der Waals surface area contributed by atoms with Crippen molar-refractivity contribution in [2.45, 2.75) is 53.9 Å². The maximum atomic E-state index is 2.63. The zero-order chi connectivity index (χ0) is 14.3. The molecule has 108 valence electrons. The smallest absolute Gasteiger partial charge is 0.270 e. The van der Waals surface area contributed by atoms with Crippen molar-refractivity contribution in [1.29, 1.82) is 0 Å². The average molecular weight is 263 g/mol. The lowest BCUT2D eigenvalue weighted by molar-refractivity contribution is 0.390. The van der Waals surface area contributed by atoms with E-state index >= 15 is 0 Å². The highest BCUT2D eigenvalue weighted by Crippen LogP contribution is 2.11. The van der Waals surface area contributed by atoms with Crippen LogP contribution in [0.3, 0.4) is 0 Å². The molecule has 0 aromatic carbocycles. The van der Waals surface area contributed by atoms with Crippen LogP contribution in [0.2, 0.25) is 0 Å². The normalized spacial score (nSPS) is 21.3.